The number of ether oxygens (including phenoxy) is 1. The van der Waals surface area contributed by atoms with Gasteiger partial charge in [0.2, 0.25) is 0 Å². The minimum absolute atomic E-state index is 0.136. The number of carbonyl (C=O) groups is 2. The molecule has 0 aliphatic carbocycles. The molecule has 11 nitrogen and oxygen atoms in total. The molecule has 2 saturated heterocycles. The van der Waals surface area contributed by atoms with Crippen molar-refractivity contribution >= 4 is 34.6 Å². The van der Waals surface area contributed by atoms with Gasteiger partial charge in [0.1, 0.15) is 5.52 Å². The third-order valence-corrected chi connectivity index (χ3v) is 6.95. The van der Waals surface area contributed by atoms with E-state index in [0.717, 1.165) is 23.4 Å². The molecule has 3 N–H and O–H groups in total. The summed E-state index contributed by atoms with van der Waals surface area (Å²) in [6, 6.07) is 17.8. The molecule has 200 valence electrons. The van der Waals surface area contributed by atoms with E-state index in [1.165, 1.54) is 0 Å². The summed E-state index contributed by atoms with van der Waals surface area (Å²) in [5, 5.41) is 19.7. The molecule has 0 saturated carbocycles. The van der Waals surface area contributed by atoms with Crippen LogP contribution in [-0.2, 0) is 4.74 Å². The van der Waals surface area contributed by atoms with Gasteiger partial charge in [-0.25, -0.2) is 14.3 Å². The molecule has 0 unspecified atom stereocenters. The Morgan fingerprint density at radius 3 is 2.36 bits per heavy atom. The highest BCUT2D eigenvalue weighted by Gasteiger charge is 2.29. The maximum Gasteiger partial charge on any atom is 0.323 e. The summed E-state index contributed by atoms with van der Waals surface area (Å²) in [7, 11) is 0. The lowest BCUT2D eigenvalue weighted by Gasteiger charge is -2.35. The van der Waals surface area contributed by atoms with Crippen LogP contribution in [-0.4, -0.2) is 81.5 Å². The molecule has 4 aromatic rings. The van der Waals surface area contributed by atoms with E-state index < -0.39 is 12.1 Å². The number of rotatable bonds is 5. The largest absolute Gasteiger partial charge is 0.389 e. The summed E-state index contributed by atoms with van der Waals surface area (Å²) >= 11 is 0. The number of likely N-dealkylation sites (tertiary alicyclic amines) is 1. The smallest absolute Gasteiger partial charge is 0.323 e. The van der Waals surface area contributed by atoms with E-state index in [1.807, 2.05) is 35.0 Å². The third-order valence-electron chi connectivity index (χ3n) is 6.95. The molecule has 6 rings (SSSR count). The normalized spacial score (nSPS) is 17.6. The second-order valence-corrected chi connectivity index (χ2v) is 9.81. The molecular weight excluding hydrogens is 498 g/mol. The zero-order chi connectivity index (χ0) is 26.9. The first-order valence-electron chi connectivity index (χ1n) is 12.9. The van der Waals surface area contributed by atoms with Crippen LogP contribution in [0.1, 0.15) is 17.3 Å². The van der Waals surface area contributed by atoms with Crippen molar-refractivity contribution in [3.05, 3.63) is 72.4 Å². The number of anilines is 3. The Kier molecular flexibility index (Phi) is 6.59. The van der Waals surface area contributed by atoms with E-state index in [2.05, 4.69) is 27.6 Å². The van der Waals surface area contributed by atoms with Crippen LogP contribution >= 0.6 is 0 Å². The molecule has 11 heteroatoms. The van der Waals surface area contributed by atoms with Crippen LogP contribution in [0.25, 0.3) is 16.9 Å². The number of nitrogens with one attached hydrogen (secondary N) is 2. The van der Waals surface area contributed by atoms with Gasteiger partial charge in [-0.1, -0.05) is 0 Å². The fourth-order valence-corrected chi connectivity index (χ4v) is 4.79. The van der Waals surface area contributed by atoms with Crippen molar-refractivity contribution in [1.29, 1.82) is 0 Å². The monoisotopic (exact) mass is 527 g/mol. The molecule has 2 aromatic carbocycles. The fourth-order valence-electron chi connectivity index (χ4n) is 4.79. The van der Waals surface area contributed by atoms with Crippen LogP contribution in [0.15, 0.2) is 66.9 Å². The summed E-state index contributed by atoms with van der Waals surface area (Å²) in [5.74, 6) is 1.33. The maximum absolute atomic E-state index is 12.6. The van der Waals surface area contributed by atoms with Crippen molar-refractivity contribution in [2.75, 3.05) is 48.4 Å². The molecule has 0 spiro atoms. The number of benzene rings is 2. The average Bonchev–Trinajstić information content (AvgIpc) is 3.41. The highest BCUT2D eigenvalue weighted by atomic mass is 16.5. The van der Waals surface area contributed by atoms with Gasteiger partial charge in [0.25, 0.3) is 5.91 Å². The minimum Gasteiger partial charge on any atom is -0.389 e. The molecular formula is C28H29N7O4. The standard InChI is InChI=1S/C28H29N7O4/c1-18-17-39-14-13-34(18)26-24-3-2-12-35(24)32-25(31-26)19-4-8-21(9-5-19)29-28(38)30-22-10-6-20(7-11-22)27(37)33-15-23(36)16-33/h2-12,18,23,36H,13-17H2,1H3,(H2,29,30,38)/t18-/m1/s1. The summed E-state index contributed by atoms with van der Waals surface area (Å²) in [6.45, 7) is 4.89. The van der Waals surface area contributed by atoms with E-state index in [9.17, 15) is 14.7 Å². The Balaban J connectivity index is 1.12. The number of fused-ring (bicyclic) bond motifs is 1. The first-order valence-corrected chi connectivity index (χ1v) is 12.9. The number of nitrogens with zero attached hydrogens (tertiary/aromatic N) is 5. The number of hydrogen-bond acceptors (Lipinski definition) is 7. The Labute approximate surface area is 225 Å². The van der Waals surface area contributed by atoms with Crippen molar-refractivity contribution < 1.29 is 19.4 Å². The molecule has 4 heterocycles. The van der Waals surface area contributed by atoms with Gasteiger partial charge in [-0.2, -0.15) is 0 Å². The van der Waals surface area contributed by atoms with Crippen LogP contribution in [0.2, 0.25) is 0 Å². The van der Waals surface area contributed by atoms with Crippen molar-refractivity contribution in [2.45, 2.75) is 19.1 Å². The number of β-amino-alcohol motifs (C(OH)–C–C–N with tert-alkyl or cyclic N) is 1. The first kappa shape index (κ1) is 24.8. The lowest BCUT2D eigenvalue weighted by Crippen LogP contribution is -2.53. The third kappa shape index (κ3) is 5.14. The van der Waals surface area contributed by atoms with Gasteiger partial charge < -0.3 is 30.3 Å². The number of aromatic nitrogens is 3. The molecule has 0 radical (unpaired) electrons. The lowest BCUT2D eigenvalue weighted by atomic mass is 10.1. The van der Waals surface area contributed by atoms with Gasteiger partial charge in [-0.05, 0) is 67.6 Å². The fraction of sp³-hybridized carbons (Fsp3) is 0.286. The van der Waals surface area contributed by atoms with Crippen LogP contribution < -0.4 is 15.5 Å². The van der Waals surface area contributed by atoms with E-state index in [1.54, 1.807) is 41.3 Å². The Morgan fingerprint density at radius 1 is 1.00 bits per heavy atom. The molecule has 2 aliphatic heterocycles. The van der Waals surface area contributed by atoms with Crippen LogP contribution in [0, 0.1) is 0 Å². The summed E-state index contributed by atoms with van der Waals surface area (Å²) in [5.41, 5.74) is 3.45. The number of hydrogen-bond donors (Lipinski definition) is 3. The summed E-state index contributed by atoms with van der Waals surface area (Å²) in [4.78, 5) is 33.6. The molecule has 2 fully saturated rings. The summed E-state index contributed by atoms with van der Waals surface area (Å²) in [6.07, 6.45) is 1.47. The zero-order valence-electron chi connectivity index (χ0n) is 21.4. The van der Waals surface area contributed by atoms with E-state index in [0.29, 0.717) is 49.1 Å². The topological polar surface area (TPSA) is 124 Å². The Bertz CT molecular complexity index is 1500. The number of urea groups is 1. The van der Waals surface area contributed by atoms with E-state index in [4.69, 9.17) is 9.72 Å². The van der Waals surface area contributed by atoms with Crippen molar-refractivity contribution in [2.24, 2.45) is 0 Å². The van der Waals surface area contributed by atoms with Crippen LogP contribution in [0.5, 0.6) is 0 Å². The first-order chi connectivity index (χ1) is 18.9. The molecule has 3 amide bonds. The van der Waals surface area contributed by atoms with Crippen molar-refractivity contribution in [1.82, 2.24) is 19.5 Å². The van der Waals surface area contributed by atoms with Gasteiger partial charge in [0, 0.05) is 48.3 Å². The molecule has 2 aliphatic rings. The van der Waals surface area contributed by atoms with Gasteiger partial charge in [0.15, 0.2) is 11.6 Å². The number of carbonyl (C=O) groups excluding carboxylic acids is 2. The number of aliphatic hydroxyl groups is 1. The number of morpholine rings is 1. The molecule has 39 heavy (non-hydrogen) atoms. The molecule has 1 atom stereocenters. The Morgan fingerprint density at radius 2 is 1.69 bits per heavy atom. The lowest BCUT2D eigenvalue weighted by molar-refractivity contribution is 0.00590. The summed E-state index contributed by atoms with van der Waals surface area (Å²) < 4.78 is 7.44. The molecule has 2 aromatic heterocycles. The Hall–Kier alpha value is -4.48. The van der Waals surface area contributed by atoms with Crippen molar-refractivity contribution in [3.63, 3.8) is 0 Å². The van der Waals surface area contributed by atoms with Crippen molar-refractivity contribution in [3.8, 4) is 11.4 Å². The second-order valence-electron chi connectivity index (χ2n) is 9.81. The predicted molar refractivity (Wildman–Crippen MR) is 147 cm³/mol. The number of aliphatic hydroxyl groups excluding tert-OH is 1. The zero-order valence-corrected chi connectivity index (χ0v) is 21.4. The van der Waals surface area contributed by atoms with E-state index in [-0.39, 0.29) is 11.9 Å². The predicted octanol–water partition coefficient (Wildman–Crippen LogP) is 3.08. The SMILES string of the molecule is C[C@@H]1COCCN1c1nc(-c2ccc(NC(=O)Nc3ccc(C(=O)N4CC(O)C4)cc3)cc2)nn2cccc12. The average molecular weight is 528 g/mol. The van der Waals surface area contributed by atoms with E-state index >= 15 is 0 Å². The van der Waals surface area contributed by atoms with Crippen LogP contribution in [0.4, 0.5) is 22.0 Å². The van der Waals surface area contributed by atoms with Gasteiger partial charge in [-0.3, -0.25) is 4.79 Å². The van der Waals surface area contributed by atoms with Gasteiger partial charge in [-0.15, -0.1) is 5.10 Å². The number of amides is 3. The highest BCUT2D eigenvalue weighted by Crippen LogP contribution is 2.27. The molecule has 0 bridgehead atoms. The van der Waals surface area contributed by atoms with Gasteiger partial charge >= 0.3 is 6.03 Å². The van der Waals surface area contributed by atoms with Crippen LogP contribution in [0.3, 0.4) is 0 Å². The highest BCUT2D eigenvalue weighted by molar-refractivity contribution is 6.00. The quantitative estimate of drug-likeness (QED) is 0.364. The minimum atomic E-state index is -0.445. The maximum atomic E-state index is 12.6. The second kappa shape index (κ2) is 10.4. The van der Waals surface area contributed by atoms with Gasteiger partial charge in [0.05, 0.1) is 25.4 Å².